The van der Waals surface area contributed by atoms with Crippen LogP contribution in [0, 0.1) is 19.8 Å². The molecular weight excluding hydrogens is 360 g/mol. The molecule has 27 heavy (non-hydrogen) atoms. The van der Waals surface area contributed by atoms with Crippen molar-refractivity contribution < 1.29 is 9.90 Å². The number of carbonyl (C=O) groups excluding carboxylic acids is 1. The summed E-state index contributed by atoms with van der Waals surface area (Å²) >= 11 is 5.95. The first-order chi connectivity index (χ1) is 13.0. The van der Waals surface area contributed by atoms with Gasteiger partial charge in [-0.1, -0.05) is 23.7 Å². The van der Waals surface area contributed by atoms with Crippen molar-refractivity contribution in [2.45, 2.75) is 39.7 Å². The van der Waals surface area contributed by atoms with Crippen LogP contribution in [0.5, 0.6) is 0 Å². The lowest BCUT2D eigenvalue weighted by Crippen LogP contribution is -2.38. The topological polar surface area (TPSA) is 45.5 Å². The maximum absolute atomic E-state index is 12.8. The highest BCUT2D eigenvalue weighted by Gasteiger charge is 2.22. The van der Waals surface area contributed by atoms with Crippen LogP contribution >= 0.6 is 11.6 Å². The van der Waals surface area contributed by atoms with E-state index < -0.39 is 0 Å². The number of aromatic nitrogens is 1. The summed E-state index contributed by atoms with van der Waals surface area (Å²) in [5.41, 5.74) is 4.26. The van der Waals surface area contributed by atoms with Crippen LogP contribution < -0.4 is 0 Å². The average molecular weight is 389 g/mol. The molecule has 0 amide bonds. The Hall–Kier alpha value is -1.62. The molecule has 2 heterocycles. The maximum Gasteiger partial charge on any atom is 0.178 e. The fourth-order valence-electron chi connectivity index (χ4n) is 3.93. The zero-order valence-electron chi connectivity index (χ0n) is 16.2. The van der Waals surface area contributed by atoms with E-state index in [1.165, 1.54) is 5.56 Å². The van der Waals surface area contributed by atoms with Crippen molar-refractivity contribution in [3.8, 4) is 0 Å². The molecule has 5 heteroatoms. The number of nitrogens with zero attached hydrogens (tertiary/aromatic N) is 2. The zero-order chi connectivity index (χ0) is 19.4. The number of benzene rings is 1. The maximum atomic E-state index is 12.8. The second-order valence-corrected chi connectivity index (χ2v) is 8.07. The molecule has 1 aromatic carbocycles. The van der Waals surface area contributed by atoms with Gasteiger partial charge < -0.3 is 9.67 Å². The van der Waals surface area contributed by atoms with E-state index in [-0.39, 0.29) is 12.4 Å². The van der Waals surface area contributed by atoms with Gasteiger partial charge in [0.05, 0.1) is 6.54 Å². The molecule has 0 aliphatic carbocycles. The molecule has 0 spiro atoms. The third kappa shape index (κ3) is 5.01. The average Bonchev–Trinajstić information content (AvgIpc) is 2.96. The monoisotopic (exact) mass is 388 g/mol. The van der Waals surface area contributed by atoms with Crippen LogP contribution in [0.15, 0.2) is 30.3 Å². The fraction of sp³-hybridized carbons (Fsp3) is 0.500. The summed E-state index contributed by atoms with van der Waals surface area (Å²) in [6.45, 7) is 7.49. The Balaban J connectivity index is 1.62. The smallest absolute Gasteiger partial charge is 0.178 e. The highest BCUT2D eigenvalue weighted by atomic mass is 35.5. The minimum Gasteiger partial charge on any atom is -0.396 e. The minimum atomic E-state index is 0.197. The minimum absolute atomic E-state index is 0.197. The van der Waals surface area contributed by atoms with Crippen molar-refractivity contribution in [3.05, 3.63) is 57.9 Å². The normalized spacial score (nSPS) is 16.0. The highest BCUT2D eigenvalue weighted by Crippen LogP contribution is 2.20. The number of carbonyl (C=O) groups is 1. The van der Waals surface area contributed by atoms with Crippen LogP contribution in [0.4, 0.5) is 0 Å². The number of hydrogen-bond donors (Lipinski definition) is 1. The van der Waals surface area contributed by atoms with Gasteiger partial charge in [-0.3, -0.25) is 9.69 Å². The molecule has 0 unspecified atom stereocenters. The van der Waals surface area contributed by atoms with Crippen LogP contribution in [-0.2, 0) is 13.0 Å². The number of aliphatic hydroxyl groups excluding tert-OH is 1. The van der Waals surface area contributed by atoms with E-state index in [1.807, 2.05) is 25.1 Å². The first-order valence-electron chi connectivity index (χ1n) is 9.75. The van der Waals surface area contributed by atoms with Crippen LogP contribution in [-0.4, -0.2) is 46.6 Å². The number of aliphatic hydroxyl groups is 1. The molecule has 1 aliphatic rings. The largest absolute Gasteiger partial charge is 0.396 e. The lowest BCUT2D eigenvalue weighted by Gasteiger charge is -2.30. The second kappa shape index (κ2) is 9.05. The third-order valence-corrected chi connectivity index (χ3v) is 6.00. The molecule has 146 valence electrons. The summed E-state index contributed by atoms with van der Waals surface area (Å²) in [4.78, 5) is 15.1. The molecule has 1 aromatic heterocycles. The Morgan fingerprint density at radius 2 is 1.85 bits per heavy atom. The molecule has 3 rings (SSSR count). The molecule has 1 N–H and O–H groups in total. The number of rotatable bonds is 7. The summed E-state index contributed by atoms with van der Waals surface area (Å²) in [6, 6.07) is 9.97. The van der Waals surface area contributed by atoms with Crippen LogP contribution in [0.25, 0.3) is 0 Å². The van der Waals surface area contributed by atoms with Crippen LogP contribution in [0.2, 0.25) is 5.02 Å². The summed E-state index contributed by atoms with van der Waals surface area (Å²) in [6.07, 6.45) is 2.86. The molecule has 0 saturated carbocycles. The first kappa shape index (κ1) is 20.1. The number of likely N-dealkylation sites (tertiary alicyclic amines) is 1. The van der Waals surface area contributed by atoms with Gasteiger partial charge in [-0.15, -0.1) is 0 Å². The van der Waals surface area contributed by atoms with Crippen LogP contribution in [0.3, 0.4) is 0 Å². The zero-order valence-corrected chi connectivity index (χ0v) is 17.0. The van der Waals surface area contributed by atoms with Crippen molar-refractivity contribution in [1.29, 1.82) is 0 Å². The van der Waals surface area contributed by atoms with E-state index in [1.54, 1.807) is 0 Å². The van der Waals surface area contributed by atoms with Crippen molar-refractivity contribution in [2.75, 3.05) is 26.2 Å². The Morgan fingerprint density at radius 3 is 2.48 bits per heavy atom. The number of halogens is 1. The molecule has 0 atom stereocenters. The Kier molecular flexibility index (Phi) is 6.74. The fourth-order valence-corrected chi connectivity index (χ4v) is 4.06. The summed E-state index contributed by atoms with van der Waals surface area (Å²) in [5.74, 6) is 0.595. The quantitative estimate of drug-likeness (QED) is 0.732. The van der Waals surface area contributed by atoms with Crippen molar-refractivity contribution in [3.63, 3.8) is 0 Å². The van der Waals surface area contributed by atoms with Gasteiger partial charge in [-0.05, 0) is 75.9 Å². The molecule has 2 aromatic rings. The number of piperidine rings is 1. The summed E-state index contributed by atoms with van der Waals surface area (Å²) < 4.78 is 2.24. The van der Waals surface area contributed by atoms with Gasteiger partial charge in [0.1, 0.15) is 0 Å². The molecule has 1 fully saturated rings. The SMILES string of the molecule is Cc1cc(C(=O)CN2CCC(CO)CC2)c(C)n1CCc1ccc(Cl)cc1. The number of hydrogen-bond acceptors (Lipinski definition) is 3. The number of Topliss-reactive ketones (excluding diaryl/α,β-unsaturated/α-hetero) is 1. The Bertz CT molecular complexity index is 774. The van der Waals surface area contributed by atoms with Crippen molar-refractivity contribution in [1.82, 2.24) is 9.47 Å². The van der Waals surface area contributed by atoms with Gasteiger partial charge in [-0.2, -0.15) is 0 Å². The molecular formula is C22H29ClN2O2. The van der Waals surface area contributed by atoms with Gasteiger partial charge in [0.2, 0.25) is 0 Å². The van der Waals surface area contributed by atoms with E-state index in [0.29, 0.717) is 12.5 Å². The van der Waals surface area contributed by atoms with Gasteiger partial charge >= 0.3 is 0 Å². The van der Waals surface area contributed by atoms with E-state index in [4.69, 9.17) is 11.6 Å². The van der Waals surface area contributed by atoms with E-state index in [9.17, 15) is 9.90 Å². The Morgan fingerprint density at radius 1 is 1.19 bits per heavy atom. The second-order valence-electron chi connectivity index (χ2n) is 7.64. The molecule has 1 aliphatic heterocycles. The predicted octanol–water partition coefficient (Wildman–Crippen LogP) is 3.89. The van der Waals surface area contributed by atoms with Gasteiger partial charge in [-0.25, -0.2) is 0 Å². The molecule has 0 bridgehead atoms. The third-order valence-electron chi connectivity index (χ3n) is 5.74. The van der Waals surface area contributed by atoms with E-state index in [0.717, 1.165) is 60.9 Å². The van der Waals surface area contributed by atoms with Gasteiger partial charge in [0.25, 0.3) is 0 Å². The standard InChI is InChI=1S/C22H29ClN2O2/c1-16-13-21(22(27)14-24-10-7-19(15-26)8-11-24)17(2)25(16)12-9-18-3-5-20(23)6-4-18/h3-6,13,19,26H,7-12,14-15H2,1-2H3. The van der Waals surface area contributed by atoms with E-state index in [2.05, 4.69) is 28.5 Å². The van der Waals surface area contributed by atoms with E-state index >= 15 is 0 Å². The number of aryl methyl sites for hydroxylation is 2. The molecule has 0 radical (unpaired) electrons. The lowest BCUT2D eigenvalue weighted by molar-refractivity contribution is 0.0863. The molecule has 4 nitrogen and oxygen atoms in total. The lowest BCUT2D eigenvalue weighted by atomic mass is 9.97. The van der Waals surface area contributed by atoms with Gasteiger partial charge in [0, 0.05) is 35.1 Å². The summed E-state index contributed by atoms with van der Waals surface area (Å²) in [5, 5.41) is 10.0. The Labute approximate surface area is 166 Å². The highest BCUT2D eigenvalue weighted by molar-refractivity contribution is 6.30. The van der Waals surface area contributed by atoms with Gasteiger partial charge in [0.15, 0.2) is 5.78 Å². The first-order valence-corrected chi connectivity index (χ1v) is 10.1. The summed E-state index contributed by atoms with van der Waals surface area (Å²) in [7, 11) is 0. The van der Waals surface area contributed by atoms with Crippen molar-refractivity contribution in [2.24, 2.45) is 5.92 Å². The predicted molar refractivity (Wildman–Crippen MR) is 110 cm³/mol. The van der Waals surface area contributed by atoms with Crippen LogP contribution in [0.1, 0.15) is 40.2 Å². The molecule has 1 saturated heterocycles. The van der Waals surface area contributed by atoms with Crippen molar-refractivity contribution >= 4 is 17.4 Å². The number of ketones is 1.